The highest BCUT2D eigenvalue weighted by Gasteiger charge is 2.31. The minimum atomic E-state index is -4.75. The van der Waals surface area contributed by atoms with Gasteiger partial charge >= 0.3 is 6.36 Å². The number of nitrogens with zero attached hydrogens (tertiary/aromatic N) is 1. The molecule has 1 N–H and O–H groups in total. The van der Waals surface area contributed by atoms with Crippen molar-refractivity contribution in [3.63, 3.8) is 0 Å². The molecule has 1 heterocycles. The van der Waals surface area contributed by atoms with Crippen molar-refractivity contribution in [2.75, 3.05) is 5.32 Å². The van der Waals surface area contributed by atoms with Gasteiger partial charge in [0, 0.05) is 17.4 Å². The Bertz CT molecular complexity index is 1060. The molecule has 0 aliphatic carbocycles. The molecule has 0 unspecified atom stereocenters. The van der Waals surface area contributed by atoms with Gasteiger partial charge in [-0.15, -0.1) is 13.2 Å². The van der Waals surface area contributed by atoms with Gasteiger partial charge in [0.25, 0.3) is 5.91 Å². The number of pyridine rings is 1. The Labute approximate surface area is 177 Å². The predicted molar refractivity (Wildman–Crippen MR) is 111 cm³/mol. The summed E-state index contributed by atoms with van der Waals surface area (Å²) in [4.78, 5) is 17.1. The van der Waals surface area contributed by atoms with E-state index in [1.54, 1.807) is 37.3 Å². The van der Waals surface area contributed by atoms with Crippen LogP contribution in [0, 0.1) is 6.92 Å². The predicted octanol–water partition coefficient (Wildman–Crippen LogP) is 6.46. The Morgan fingerprint density at radius 2 is 1.65 bits per heavy atom. The van der Waals surface area contributed by atoms with Gasteiger partial charge < -0.3 is 14.8 Å². The van der Waals surface area contributed by atoms with E-state index in [-0.39, 0.29) is 17.6 Å². The normalized spacial score (nSPS) is 11.3. The van der Waals surface area contributed by atoms with Gasteiger partial charge in [-0.25, -0.2) is 0 Å². The molecule has 0 aliphatic rings. The molecule has 0 saturated heterocycles. The van der Waals surface area contributed by atoms with Crippen molar-refractivity contribution < 1.29 is 27.4 Å². The van der Waals surface area contributed by atoms with Gasteiger partial charge in [0.15, 0.2) is 0 Å². The minimum Gasteiger partial charge on any atom is -0.457 e. The zero-order valence-corrected chi connectivity index (χ0v) is 17.2. The average molecular weight is 430 g/mol. The Morgan fingerprint density at radius 3 is 2.26 bits per heavy atom. The summed E-state index contributed by atoms with van der Waals surface area (Å²) in [6.07, 6.45) is -4.75. The number of amides is 1. The van der Waals surface area contributed by atoms with Gasteiger partial charge in [-0.05, 0) is 61.4 Å². The van der Waals surface area contributed by atoms with E-state index in [1.807, 2.05) is 19.9 Å². The second-order valence-corrected chi connectivity index (χ2v) is 7.13. The second kappa shape index (κ2) is 9.07. The lowest BCUT2D eigenvalue weighted by atomic mass is 10.1. The molecule has 0 atom stereocenters. The number of rotatable bonds is 6. The maximum absolute atomic E-state index is 12.6. The first-order valence-corrected chi connectivity index (χ1v) is 9.53. The molecule has 162 valence electrons. The molecule has 31 heavy (non-hydrogen) atoms. The van der Waals surface area contributed by atoms with Crippen LogP contribution in [0.3, 0.4) is 0 Å². The summed E-state index contributed by atoms with van der Waals surface area (Å²) in [6.45, 7) is 5.85. The number of ether oxygens (including phenoxy) is 2. The average Bonchev–Trinajstić information content (AvgIpc) is 2.68. The number of anilines is 1. The smallest absolute Gasteiger partial charge is 0.457 e. The summed E-state index contributed by atoms with van der Waals surface area (Å²) in [5, 5.41) is 2.80. The molecule has 5 nitrogen and oxygen atoms in total. The summed E-state index contributed by atoms with van der Waals surface area (Å²) in [5.74, 6) is 0.354. The number of hydrogen-bond acceptors (Lipinski definition) is 4. The third-order valence-corrected chi connectivity index (χ3v) is 4.33. The molecule has 0 radical (unpaired) electrons. The number of aryl methyl sites for hydroxylation is 1. The van der Waals surface area contributed by atoms with Crippen molar-refractivity contribution in [1.29, 1.82) is 0 Å². The van der Waals surface area contributed by atoms with E-state index in [2.05, 4.69) is 15.0 Å². The first-order chi connectivity index (χ1) is 14.6. The lowest BCUT2D eigenvalue weighted by Crippen LogP contribution is -2.16. The number of nitrogens with one attached hydrogen (secondary N) is 1. The van der Waals surface area contributed by atoms with Crippen molar-refractivity contribution in [3.05, 3.63) is 77.6 Å². The van der Waals surface area contributed by atoms with E-state index in [4.69, 9.17) is 4.74 Å². The van der Waals surface area contributed by atoms with Crippen LogP contribution in [0.15, 0.2) is 60.7 Å². The van der Waals surface area contributed by atoms with Crippen LogP contribution in [-0.2, 0) is 0 Å². The van der Waals surface area contributed by atoms with Crippen LogP contribution in [0.1, 0.15) is 41.5 Å². The van der Waals surface area contributed by atoms with Gasteiger partial charge in [-0.1, -0.05) is 19.9 Å². The SMILES string of the molecule is Cc1nc(C(C)C)ccc1C(=O)Nc1cccc(Oc2ccc(OC(F)(F)F)cc2)c1. The van der Waals surface area contributed by atoms with Crippen LogP contribution < -0.4 is 14.8 Å². The van der Waals surface area contributed by atoms with Crippen molar-refractivity contribution in [2.45, 2.75) is 33.1 Å². The number of benzene rings is 2. The number of alkyl halides is 3. The summed E-state index contributed by atoms with van der Waals surface area (Å²) in [6, 6.07) is 15.3. The quantitative estimate of drug-likeness (QED) is 0.488. The number of hydrogen-bond donors (Lipinski definition) is 1. The Hall–Kier alpha value is -3.55. The van der Waals surface area contributed by atoms with E-state index in [0.717, 1.165) is 17.8 Å². The highest BCUT2D eigenvalue weighted by Crippen LogP contribution is 2.28. The number of carbonyl (C=O) groups is 1. The highest BCUT2D eigenvalue weighted by molar-refractivity contribution is 6.05. The highest BCUT2D eigenvalue weighted by atomic mass is 19.4. The van der Waals surface area contributed by atoms with E-state index in [1.165, 1.54) is 12.1 Å². The number of carbonyl (C=O) groups excluding carboxylic acids is 1. The van der Waals surface area contributed by atoms with Crippen LogP contribution in [0.2, 0.25) is 0 Å². The van der Waals surface area contributed by atoms with E-state index < -0.39 is 6.36 Å². The number of halogens is 3. The summed E-state index contributed by atoms with van der Waals surface area (Å²) < 4.78 is 46.2. The third-order valence-electron chi connectivity index (χ3n) is 4.33. The fraction of sp³-hybridized carbons (Fsp3) is 0.217. The molecular formula is C23H21F3N2O3. The molecule has 8 heteroatoms. The summed E-state index contributed by atoms with van der Waals surface area (Å²) in [5.41, 5.74) is 2.52. The monoisotopic (exact) mass is 430 g/mol. The zero-order valence-electron chi connectivity index (χ0n) is 17.2. The van der Waals surface area contributed by atoms with Crippen molar-refractivity contribution in [1.82, 2.24) is 4.98 Å². The molecule has 1 amide bonds. The van der Waals surface area contributed by atoms with Crippen molar-refractivity contribution >= 4 is 11.6 Å². The molecule has 0 bridgehead atoms. The van der Waals surface area contributed by atoms with Crippen LogP contribution in [0.5, 0.6) is 17.2 Å². The van der Waals surface area contributed by atoms with E-state index in [9.17, 15) is 18.0 Å². The Balaban J connectivity index is 1.68. The largest absolute Gasteiger partial charge is 0.573 e. The lowest BCUT2D eigenvalue weighted by Gasteiger charge is -2.12. The molecule has 0 aliphatic heterocycles. The maximum Gasteiger partial charge on any atom is 0.573 e. The Morgan fingerprint density at radius 1 is 0.968 bits per heavy atom. The van der Waals surface area contributed by atoms with Crippen LogP contribution in [0.4, 0.5) is 18.9 Å². The van der Waals surface area contributed by atoms with Gasteiger partial charge in [0.1, 0.15) is 17.2 Å². The lowest BCUT2D eigenvalue weighted by molar-refractivity contribution is -0.274. The molecule has 0 spiro atoms. The second-order valence-electron chi connectivity index (χ2n) is 7.13. The Kier molecular flexibility index (Phi) is 6.48. The zero-order chi connectivity index (χ0) is 22.6. The maximum atomic E-state index is 12.6. The van der Waals surface area contributed by atoms with Gasteiger partial charge in [0.05, 0.1) is 11.3 Å². The molecular weight excluding hydrogens is 409 g/mol. The summed E-state index contributed by atoms with van der Waals surface area (Å²) >= 11 is 0. The molecule has 3 aromatic rings. The van der Waals surface area contributed by atoms with Gasteiger partial charge in [-0.2, -0.15) is 0 Å². The van der Waals surface area contributed by atoms with Crippen LogP contribution >= 0.6 is 0 Å². The molecule has 1 aromatic heterocycles. The van der Waals surface area contributed by atoms with E-state index in [0.29, 0.717) is 28.4 Å². The summed E-state index contributed by atoms with van der Waals surface area (Å²) in [7, 11) is 0. The van der Waals surface area contributed by atoms with Crippen molar-refractivity contribution in [3.8, 4) is 17.2 Å². The molecule has 3 rings (SSSR count). The third kappa shape index (κ3) is 6.21. The van der Waals surface area contributed by atoms with Gasteiger partial charge in [0.2, 0.25) is 0 Å². The minimum absolute atomic E-state index is 0.263. The topological polar surface area (TPSA) is 60.5 Å². The van der Waals surface area contributed by atoms with Gasteiger partial charge in [-0.3, -0.25) is 9.78 Å². The van der Waals surface area contributed by atoms with E-state index >= 15 is 0 Å². The fourth-order valence-electron chi connectivity index (χ4n) is 2.82. The van der Waals surface area contributed by atoms with Crippen LogP contribution in [0.25, 0.3) is 0 Å². The first-order valence-electron chi connectivity index (χ1n) is 9.53. The van der Waals surface area contributed by atoms with Crippen LogP contribution in [-0.4, -0.2) is 17.3 Å². The standard InChI is InChI=1S/C23H21F3N2O3/c1-14(2)21-12-11-20(15(3)27-21)22(29)28-16-5-4-6-19(13-16)30-17-7-9-18(10-8-17)31-23(24,25)26/h4-14H,1-3H3,(H,28,29). The van der Waals surface area contributed by atoms with Crippen molar-refractivity contribution in [2.24, 2.45) is 0 Å². The molecule has 2 aromatic carbocycles. The first kappa shape index (κ1) is 22.1. The number of aromatic nitrogens is 1. The fourth-order valence-corrected chi connectivity index (χ4v) is 2.82. The molecule has 0 fully saturated rings. The molecule has 0 saturated carbocycles.